The molecule has 1 fully saturated rings. The molecular weight excluding hydrogens is 316 g/mol. The van der Waals surface area contributed by atoms with E-state index in [9.17, 15) is 4.79 Å². The molecule has 23 heavy (non-hydrogen) atoms. The molecule has 1 saturated heterocycles. The Kier molecular flexibility index (Phi) is 5.02. The predicted molar refractivity (Wildman–Crippen MR) is 88.0 cm³/mol. The van der Waals surface area contributed by atoms with Crippen LogP contribution >= 0.6 is 11.6 Å². The van der Waals surface area contributed by atoms with Crippen LogP contribution in [0, 0.1) is 0 Å². The van der Waals surface area contributed by atoms with Gasteiger partial charge < -0.3 is 14.8 Å². The van der Waals surface area contributed by atoms with Crippen molar-refractivity contribution >= 4 is 29.3 Å². The van der Waals surface area contributed by atoms with Gasteiger partial charge in [-0.1, -0.05) is 23.7 Å². The second-order valence-electron chi connectivity index (χ2n) is 4.92. The molecule has 0 saturated carbocycles. The number of benzene rings is 1. The average molecular weight is 331 g/mol. The second-order valence-corrected chi connectivity index (χ2v) is 5.36. The van der Waals surface area contributed by atoms with Gasteiger partial charge in [-0.2, -0.15) is 0 Å². The molecule has 1 aliphatic heterocycles. The van der Waals surface area contributed by atoms with Crippen LogP contribution in [0.1, 0.15) is 17.5 Å². The van der Waals surface area contributed by atoms with Crippen molar-refractivity contribution in [2.45, 2.75) is 6.29 Å². The van der Waals surface area contributed by atoms with E-state index in [-0.39, 0.29) is 5.91 Å². The molecule has 0 aliphatic carbocycles. The monoisotopic (exact) mass is 330 g/mol. The van der Waals surface area contributed by atoms with Crippen LogP contribution in [-0.2, 0) is 14.3 Å². The van der Waals surface area contributed by atoms with Crippen LogP contribution in [0.5, 0.6) is 0 Å². The molecule has 118 valence electrons. The van der Waals surface area contributed by atoms with Crippen molar-refractivity contribution in [1.29, 1.82) is 0 Å². The number of carbonyl (C=O) groups is 1. The van der Waals surface area contributed by atoms with E-state index in [1.165, 1.54) is 6.08 Å². The smallest absolute Gasteiger partial charge is 0.248 e. The lowest BCUT2D eigenvalue weighted by molar-refractivity contribution is -0.111. The van der Waals surface area contributed by atoms with Gasteiger partial charge in [-0.15, -0.1) is 0 Å². The van der Waals surface area contributed by atoms with Crippen molar-refractivity contribution in [3.05, 3.63) is 65.0 Å². The van der Waals surface area contributed by atoms with Gasteiger partial charge in [0.15, 0.2) is 0 Å². The Hall–Kier alpha value is -2.21. The highest BCUT2D eigenvalue weighted by Crippen LogP contribution is 2.22. The first-order valence-electron chi connectivity index (χ1n) is 7.14. The fourth-order valence-electron chi connectivity index (χ4n) is 2.11. The fourth-order valence-corrected chi connectivity index (χ4v) is 2.31. The zero-order valence-electron chi connectivity index (χ0n) is 12.2. The summed E-state index contributed by atoms with van der Waals surface area (Å²) >= 11 is 5.90. The number of amides is 1. The predicted octanol–water partition coefficient (Wildman–Crippen LogP) is 3.43. The lowest BCUT2D eigenvalue weighted by Gasteiger charge is -2.08. The molecule has 0 bridgehead atoms. The van der Waals surface area contributed by atoms with Gasteiger partial charge in [0.05, 0.1) is 30.8 Å². The van der Waals surface area contributed by atoms with Crippen LogP contribution in [0.2, 0.25) is 5.02 Å². The maximum atomic E-state index is 11.9. The molecular formula is C17H15ClN2O3. The molecule has 1 N–H and O–H groups in total. The summed E-state index contributed by atoms with van der Waals surface area (Å²) in [7, 11) is 0. The molecule has 1 aromatic carbocycles. The summed E-state index contributed by atoms with van der Waals surface area (Å²) in [5, 5.41) is 3.37. The van der Waals surface area contributed by atoms with Crippen LogP contribution in [0.25, 0.3) is 6.08 Å². The van der Waals surface area contributed by atoms with Crippen LogP contribution in [0.4, 0.5) is 5.69 Å². The van der Waals surface area contributed by atoms with Gasteiger partial charge in [0.2, 0.25) is 12.2 Å². The first-order chi connectivity index (χ1) is 11.2. The Morgan fingerprint density at radius 3 is 2.78 bits per heavy atom. The van der Waals surface area contributed by atoms with Crippen LogP contribution < -0.4 is 5.32 Å². The largest absolute Gasteiger partial charge is 0.345 e. The number of nitrogens with zero attached hydrogens (tertiary/aromatic N) is 1. The lowest BCUT2D eigenvalue weighted by Crippen LogP contribution is -2.09. The minimum atomic E-state index is -0.414. The quantitative estimate of drug-likeness (QED) is 0.872. The van der Waals surface area contributed by atoms with E-state index in [0.717, 1.165) is 5.56 Å². The minimum Gasteiger partial charge on any atom is -0.345 e. The van der Waals surface area contributed by atoms with E-state index in [1.807, 2.05) is 12.1 Å². The van der Waals surface area contributed by atoms with E-state index in [1.54, 1.807) is 36.5 Å². The zero-order chi connectivity index (χ0) is 16.1. The molecule has 5 nitrogen and oxygen atoms in total. The van der Waals surface area contributed by atoms with E-state index in [0.29, 0.717) is 29.6 Å². The summed E-state index contributed by atoms with van der Waals surface area (Å²) in [4.78, 5) is 16.1. The maximum Gasteiger partial charge on any atom is 0.248 e. The van der Waals surface area contributed by atoms with Gasteiger partial charge in [-0.25, -0.2) is 0 Å². The highest BCUT2D eigenvalue weighted by Gasteiger charge is 2.19. The molecule has 0 unspecified atom stereocenters. The van der Waals surface area contributed by atoms with Crippen molar-refractivity contribution < 1.29 is 14.3 Å². The lowest BCUT2D eigenvalue weighted by atomic mass is 10.2. The minimum absolute atomic E-state index is 0.243. The highest BCUT2D eigenvalue weighted by atomic mass is 35.5. The van der Waals surface area contributed by atoms with Crippen molar-refractivity contribution in [2.75, 3.05) is 18.5 Å². The number of carbonyl (C=O) groups excluding carboxylic acids is 1. The second kappa shape index (κ2) is 7.37. The summed E-state index contributed by atoms with van der Waals surface area (Å²) in [5.74, 6) is -0.243. The van der Waals surface area contributed by atoms with Crippen LogP contribution in [0.3, 0.4) is 0 Å². The van der Waals surface area contributed by atoms with Gasteiger partial charge in [-0.05, 0) is 35.9 Å². The molecule has 0 radical (unpaired) electrons. The number of hydrogen-bond acceptors (Lipinski definition) is 4. The number of anilines is 1. The van der Waals surface area contributed by atoms with Crippen molar-refractivity contribution in [2.24, 2.45) is 0 Å². The molecule has 0 spiro atoms. The van der Waals surface area contributed by atoms with Crippen LogP contribution in [0.15, 0.2) is 48.7 Å². The van der Waals surface area contributed by atoms with Crippen molar-refractivity contribution in [3.63, 3.8) is 0 Å². The Morgan fingerprint density at radius 1 is 1.26 bits per heavy atom. The van der Waals surface area contributed by atoms with Crippen molar-refractivity contribution in [1.82, 2.24) is 4.98 Å². The molecule has 6 heteroatoms. The van der Waals surface area contributed by atoms with E-state index < -0.39 is 6.29 Å². The Morgan fingerprint density at radius 2 is 2.09 bits per heavy atom. The summed E-state index contributed by atoms with van der Waals surface area (Å²) < 4.78 is 10.7. The van der Waals surface area contributed by atoms with E-state index in [2.05, 4.69) is 10.3 Å². The highest BCUT2D eigenvalue weighted by molar-refractivity contribution is 6.30. The summed E-state index contributed by atoms with van der Waals surface area (Å²) in [6, 6.07) is 10.8. The molecule has 3 rings (SSSR count). The Labute approximate surface area is 138 Å². The number of nitrogens with one attached hydrogen (secondary N) is 1. The third kappa shape index (κ3) is 4.39. The Balaban J connectivity index is 1.59. The van der Waals surface area contributed by atoms with Crippen LogP contribution in [-0.4, -0.2) is 24.1 Å². The van der Waals surface area contributed by atoms with Gasteiger partial charge in [0.25, 0.3) is 0 Å². The van der Waals surface area contributed by atoms with Gasteiger partial charge in [0, 0.05) is 11.1 Å². The SMILES string of the molecule is O=C(/C=C/c1cccc(Cl)c1)Nc1ccc(C2OCCO2)nc1. The normalized spacial score (nSPS) is 15.2. The molecule has 1 amide bonds. The van der Waals surface area contributed by atoms with Gasteiger partial charge in [0.1, 0.15) is 0 Å². The van der Waals surface area contributed by atoms with Gasteiger partial charge in [-0.3, -0.25) is 9.78 Å². The van der Waals surface area contributed by atoms with Crippen molar-refractivity contribution in [3.8, 4) is 0 Å². The molecule has 0 atom stereocenters. The summed E-state index contributed by atoms with van der Waals surface area (Å²) in [6.07, 6.45) is 4.31. The Bertz CT molecular complexity index is 710. The number of hydrogen-bond donors (Lipinski definition) is 1. The zero-order valence-corrected chi connectivity index (χ0v) is 13.0. The standard InChI is InChI=1S/C17H15ClN2O3/c18-13-3-1-2-12(10-13)4-7-16(21)20-14-5-6-15(19-11-14)17-22-8-9-23-17/h1-7,10-11,17H,8-9H2,(H,20,21)/b7-4+. The molecule has 2 aromatic rings. The summed E-state index contributed by atoms with van der Waals surface area (Å²) in [6.45, 7) is 1.14. The third-order valence-corrected chi connectivity index (χ3v) is 3.43. The first-order valence-corrected chi connectivity index (χ1v) is 7.52. The van der Waals surface area contributed by atoms with E-state index in [4.69, 9.17) is 21.1 Å². The molecule has 1 aliphatic rings. The number of rotatable bonds is 4. The first kappa shape index (κ1) is 15.7. The number of pyridine rings is 1. The maximum absolute atomic E-state index is 11.9. The number of aromatic nitrogens is 1. The van der Waals surface area contributed by atoms with Gasteiger partial charge >= 0.3 is 0 Å². The topological polar surface area (TPSA) is 60.5 Å². The summed E-state index contributed by atoms with van der Waals surface area (Å²) in [5.41, 5.74) is 2.15. The molecule has 2 heterocycles. The number of halogens is 1. The molecule has 1 aromatic heterocycles. The number of ether oxygens (including phenoxy) is 2. The van der Waals surface area contributed by atoms with E-state index >= 15 is 0 Å². The fraction of sp³-hybridized carbons (Fsp3) is 0.176. The third-order valence-electron chi connectivity index (χ3n) is 3.19. The average Bonchev–Trinajstić information content (AvgIpc) is 3.08.